The van der Waals surface area contributed by atoms with E-state index in [0.717, 1.165) is 33.8 Å². The second kappa shape index (κ2) is 16.6. The van der Waals surface area contributed by atoms with Gasteiger partial charge in [0.1, 0.15) is 19.6 Å². The van der Waals surface area contributed by atoms with Gasteiger partial charge in [0.2, 0.25) is 0 Å². The predicted octanol–water partition coefficient (Wildman–Crippen LogP) is 3.46. The fourth-order valence-electron chi connectivity index (χ4n) is 4.68. The van der Waals surface area contributed by atoms with Gasteiger partial charge >= 0.3 is 0 Å². The first-order valence-electron chi connectivity index (χ1n) is 15.1. The van der Waals surface area contributed by atoms with Crippen LogP contribution in [0.4, 0.5) is 17.1 Å². The van der Waals surface area contributed by atoms with Gasteiger partial charge in [-0.25, -0.2) is 0 Å². The topological polar surface area (TPSA) is 95.1 Å². The molecule has 3 aromatic carbocycles. The van der Waals surface area contributed by atoms with Crippen LogP contribution >= 0.6 is 0 Å². The minimum atomic E-state index is -0.469. The molecule has 0 fully saturated rings. The molecule has 0 saturated heterocycles. The second-order valence-corrected chi connectivity index (χ2v) is 13.9. The Morgan fingerprint density at radius 3 is 0.909 bits per heavy atom. The lowest BCUT2D eigenvalue weighted by molar-refractivity contribution is -0.941. The molecule has 0 aliphatic rings. The number of hydroxylamine groups is 3. The highest BCUT2D eigenvalue weighted by Gasteiger charge is 2.28. The molecule has 5 N–H and O–H groups in total. The number of anilines is 3. The van der Waals surface area contributed by atoms with Crippen LogP contribution < -0.4 is 37.1 Å². The molecule has 0 bridgehead atoms. The summed E-state index contributed by atoms with van der Waals surface area (Å²) in [6, 6.07) is 23.8. The van der Waals surface area contributed by atoms with Crippen molar-refractivity contribution in [3.8, 4) is 0 Å². The molecule has 0 aromatic heterocycles. The first-order valence-corrected chi connectivity index (χ1v) is 15.1. The van der Waals surface area contributed by atoms with Gasteiger partial charge in [0.15, 0.2) is 0 Å². The smallest absolute Gasteiger partial charge is 0.105 e. The molecule has 246 valence electrons. The molecule has 8 nitrogen and oxygen atoms in total. The van der Waals surface area contributed by atoms with Crippen LogP contribution in [-0.4, -0.2) is 44.0 Å². The van der Waals surface area contributed by atoms with Gasteiger partial charge in [-0.3, -0.25) is 30.8 Å². The molecule has 0 aliphatic heterocycles. The third-order valence-corrected chi connectivity index (χ3v) is 6.89. The largest absolute Gasteiger partial charge is 1.00 e. The number of nitrogens with one attached hydrogen (secondary N) is 1. The first-order chi connectivity index (χ1) is 19.9. The fraction of sp³-hybridized carbons (Fsp3) is 0.486. The lowest BCUT2D eigenvalue weighted by Crippen LogP contribution is -3.08. The Morgan fingerprint density at radius 2 is 0.705 bits per heavy atom. The van der Waals surface area contributed by atoms with Crippen LogP contribution in [0.15, 0.2) is 72.8 Å². The number of nitrogens with zero attached hydrogens (tertiary/aromatic N) is 3. The summed E-state index contributed by atoms with van der Waals surface area (Å²) in [5.74, 6) is 0. The summed E-state index contributed by atoms with van der Waals surface area (Å²) in [7, 11) is 0. The van der Waals surface area contributed by atoms with E-state index in [2.05, 4.69) is 18.2 Å². The average Bonchev–Trinajstić information content (AvgIpc) is 2.91. The van der Waals surface area contributed by atoms with E-state index < -0.39 is 16.6 Å². The van der Waals surface area contributed by atoms with Crippen molar-refractivity contribution >= 4 is 17.1 Å². The summed E-state index contributed by atoms with van der Waals surface area (Å²) in [6.45, 7) is 21.6. The second-order valence-electron chi connectivity index (χ2n) is 13.9. The van der Waals surface area contributed by atoms with E-state index in [1.54, 1.807) is 6.92 Å². The molecule has 3 aromatic rings. The maximum atomic E-state index is 11.1. The molecule has 0 spiro atoms. The van der Waals surface area contributed by atoms with Gasteiger partial charge in [-0.15, -0.1) is 0 Å². The number of hydrogen-bond donors (Lipinski definition) is 5. The Labute approximate surface area is 275 Å². The Kier molecular flexibility index (Phi) is 14.8. The highest BCUT2D eigenvalue weighted by atomic mass is 79.9. The summed E-state index contributed by atoms with van der Waals surface area (Å²) in [5, 5.41) is 44.9. The van der Waals surface area contributed by atoms with Crippen LogP contribution in [0.1, 0.15) is 85.9 Å². The van der Waals surface area contributed by atoms with Crippen molar-refractivity contribution in [2.24, 2.45) is 0 Å². The number of hydrogen-bond acceptors (Lipinski definition) is 7. The Morgan fingerprint density at radius 1 is 0.500 bits per heavy atom. The highest BCUT2D eigenvalue weighted by Crippen LogP contribution is 2.28. The van der Waals surface area contributed by atoms with Crippen LogP contribution in [-0.2, 0) is 19.6 Å². The van der Waals surface area contributed by atoms with E-state index in [4.69, 9.17) is 5.11 Å². The Balaban J connectivity index is 0.00000232. The molecule has 44 heavy (non-hydrogen) atoms. The van der Waals surface area contributed by atoms with E-state index >= 15 is 0 Å². The van der Waals surface area contributed by atoms with E-state index in [-0.39, 0.29) is 23.6 Å². The molecule has 0 saturated carbocycles. The van der Waals surface area contributed by atoms with Crippen molar-refractivity contribution in [2.75, 3.05) is 21.8 Å². The van der Waals surface area contributed by atoms with Gasteiger partial charge in [0, 0.05) is 23.3 Å². The number of quaternary nitrogens is 1. The van der Waals surface area contributed by atoms with Crippen molar-refractivity contribution in [1.29, 1.82) is 0 Å². The van der Waals surface area contributed by atoms with E-state index in [1.165, 1.54) is 20.1 Å². The molecule has 0 amide bonds. The molecule has 0 heterocycles. The molecule has 3 rings (SSSR count). The minimum absolute atomic E-state index is 0. The Hall–Kier alpha value is -2.66. The molecule has 0 atom stereocenters. The third-order valence-electron chi connectivity index (χ3n) is 6.89. The van der Waals surface area contributed by atoms with Gasteiger partial charge in [-0.1, -0.05) is 54.6 Å². The maximum absolute atomic E-state index is 11.1. The van der Waals surface area contributed by atoms with Crippen molar-refractivity contribution < 1.29 is 42.6 Å². The first kappa shape index (κ1) is 39.4. The number of halogens is 1. The number of aliphatic hydroxyl groups is 1. The fourth-order valence-corrected chi connectivity index (χ4v) is 4.68. The van der Waals surface area contributed by atoms with Crippen molar-refractivity contribution in [3.63, 3.8) is 0 Å². The molecular formula is C35H55BrN4O4. The van der Waals surface area contributed by atoms with Gasteiger partial charge in [-0.2, -0.15) is 0 Å². The van der Waals surface area contributed by atoms with Crippen LogP contribution in [0.2, 0.25) is 0 Å². The van der Waals surface area contributed by atoms with Crippen molar-refractivity contribution in [2.45, 2.75) is 105 Å². The van der Waals surface area contributed by atoms with Gasteiger partial charge in [0.25, 0.3) is 0 Å². The zero-order chi connectivity index (χ0) is 32.6. The van der Waals surface area contributed by atoms with E-state index in [0.29, 0.717) is 19.6 Å². The lowest BCUT2D eigenvalue weighted by atomic mass is 10.0. The molecule has 0 aliphatic carbocycles. The highest BCUT2D eigenvalue weighted by molar-refractivity contribution is 5.55. The van der Waals surface area contributed by atoms with E-state index in [9.17, 15) is 15.6 Å². The summed E-state index contributed by atoms with van der Waals surface area (Å²) in [4.78, 5) is 1.19. The minimum Gasteiger partial charge on any atom is -1.00 e. The monoisotopic (exact) mass is 674 g/mol. The Bertz CT molecular complexity index is 1130. The average molecular weight is 676 g/mol. The standard InChI is InChI=1S/C33H48N4O3.C2H6O.BrH/c1-31(2,3)35(38)28-19-13-10-16-25(28)22-34(23-26-17-11-14-20-29(26)36(39)32(4,5)6)24-27-18-12-15-21-30(27)37(40)33(7,8)9;1-2-3;/h10-21,38-40H,22-24H2,1-9H3;3H,2H2,1H3;1H. The van der Waals surface area contributed by atoms with Crippen LogP contribution in [0, 0.1) is 0 Å². The molecular weight excluding hydrogens is 620 g/mol. The summed E-state index contributed by atoms with van der Waals surface area (Å²) in [6.07, 6.45) is 0. The molecule has 9 heteroatoms. The van der Waals surface area contributed by atoms with E-state index in [1.807, 2.05) is 117 Å². The quantitative estimate of drug-likeness (QED) is 0.222. The molecule has 0 radical (unpaired) electrons. The van der Waals surface area contributed by atoms with Gasteiger partial charge in [-0.05, 0) is 87.4 Å². The van der Waals surface area contributed by atoms with Crippen LogP contribution in [0.25, 0.3) is 0 Å². The number of rotatable bonds is 9. The van der Waals surface area contributed by atoms with Crippen LogP contribution in [0.3, 0.4) is 0 Å². The number of aliphatic hydroxyl groups excluding tert-OH is 1. The van der Waals surface area contributed by atoms with Crippen molar-refractivity contribution in [3.05, 3.63) is 89.5 Å². The predicted molar refractivity (Wildman–Crippen MR) is 176 cm³/mol. The van der Waals surface area contributed by atoms with Gasteiger partial charge < -0.3 is 27.0 Å². The summed E-state index contributed by atoms with van der Waals surface area (Å²) in [5.41, 5.74) is 3.94. The maximum Gasteiger partial charge on any atom is 0.105 e. The SMILES string of the molecule is CC(C)(C)N(O)c1ccccc1C[NH+](Cc1ccccc1N(O)C(C)(C)C)Cc1ccccc1N(O)C(C)(C)C.CCO.[Br-]. The zero-order valence-electron chi connectivity index (χ0n) is 28.3. The third kappa shape index (κ3) is 11.1. The normalized spacial score (nSPS) is 11.8. The molecule has 0 unspecified atom stereocenters. The van der Waals surface area contributed by atoms with Crippen LogP contribution in [0.5, 0.6) is 0 Å². The van der Waals surface area contributed by atoms with Crippen molar-refractivity contribution in [1.82, 2.24) is 0 Å². The zero-order valence-corrected chi connectivity index (χ0v) is 29.9. The lowest BCUT2D eigenvalue weighted by Gasteiger charge is -2.35. The number of benzene rings is 3. The van der Waals surface area contributed by atoms with Gasteiger partial charge in [0.05, 0.1) is 33.7 Å². The number of para-hydroxylation sites is 3. The summed E-state index contributed by atoms with van der Waals surface area (Å²) < 4.78 is 0. The summed E-state index contributed by atoms with van der Waals surface area (Å²) >= 11 is 0.